The molecule has 8 nitrogen and oxygen atoms in total. The number of carbonyl (C=O) groups excluding carboxylic acids is 1. The number of fused-ring (bicyclic) bond motifs is 1. The molecule has 0 aliphatic carbocycles. The molecule has 10 heteroatoms. The Labute approximate surface area is 267 Å². The molecule has 0 atom stereocenters. The number of nitriles is 1. The molecule has 6 rings (SSSR count). The number of anilines is 2. The number of thioether (sulfide) groups is 2. The third-order valence-corrected chi connectivity index (χ3v) is 10.4. The SMILES string of the molecule is CCNc1ccc(C#N)cc1/N=C1/S/C(=C2\Sc3ccc(OCCC4CCNCC4)cc3N2C)C(=O)N1Cc1ccccc1. The average Bonchev–Trinajstić information content (AvgIpc) is 3.54. The summed E-state index contributed by atoms with van der Waals surface area (Å²) in [6.07, 6.45) is 3.49. The van der Waals surface area contributed by atoms with Gasteiger partial charge in [-0.1, -0.05) is 42.1 Å². The predicted molar refractivity (Wildman–Crippen MR) is 180 cm³/mol. The summed E-state index contributed by atoms with van der Waals surface area (Å²) in [5.41, 5.74) is 4.01. The Balaban J connectivity index is 1.28. The molecule has 0 unspecified atom stereocenters. The van der Waals surface area contributed by atoms with Crippen molar-refractivity contribution in [3.05, 3.63) is 87.8 Å². The van der Waals surface area contributed by atoms with E-state index in [1.165, 1.54) is 24.6 Å². The molecule has 0 aromatic heterocycles. The molecule has 44 heavy (non-hydrogen) atoms. The van der Waals surface area contributed by atoms with Crippen LogP contribution in [-0.2, 0) is 11.3 Å². The number of piperidine rings is 1. The summed E-state index contributed by atoms with van der Waals surface area (Å²) in [6, 6.07) is 23.7. The Kier molecular flexibility index (Phi) is 9.45. The molecule has 2 saturated heterocycles. The lowest BCUT2D eigenvalue weighted by molar-refractivity contribution is -0.122. The number of rotatable bonds is 9. The fourth-order valence-corrected chi connectivity index (χ4v) is 7.91. The number of aliphatic imine (C=N–C) groups is 1. The van der Waals surface area contributed by atoms with E-state index < -0.39 is 0 Å². The van der Waals surface area contributed by atoms with Crippen molar-refractivity contribution in [2.45, 2.75) is 37.6 Å². The third kappa shape index (κ3) is 6.60. The van der Waals surface area contributed by atoms with Crippen LogP contribution in [0.25, 0.3) is 0 Å². The van der Waals surface area contributed by atoms with Gasteiger partial charge in [0.25, 0.3) is 5.91 Å². The van der Waals surface area contributed by atoms with Gasteiger partial charge in [0.15, 0.2) is 5.17 Å². The van der Waals surface area contributed by atoms with E-state index in [9.17, 15) is 10.1 Å². The molecule has 0 radical (unpaired) electrons. The van der Waals surface area contributed by atoms with Crippen LogP contribution in [0.15, 0.2) is 86.6 Å². The standard InChI is InChI=1S/C34H36N6O2S2/c1-3-37-27-11-9-25(21-35)19-28(27)38-34-40(22-24-7-5-4-6-8-24)32(41)31(44-34)33-39(2)29-20-26(10-12-30(29)43-33)42-18-15-23-13-16-36-17-14-23/h4-12,19-20,23,36-37H,3,13-18,22H2,1-2H3/b33-31-,38-34+. The van der Waals surface area contributed by atoms with Crippen molar-refractivity contribution in [3.63, 3.8) is 0 Å². The van der Waals surface area contributed by atoms with Gasteiger partial charge < -0.3 is 20.3 Å². The summed E-state index contributed by atoms with van der Waals surface area (Å²) < 4.78 is 6.18. The maximum absolute atomic E-state index is 14.1. The monoisotopic (exact) mass is 624 g/mol. The van der Waals surface area contributed by atoms with Crippen LogP contribution in [-0.4, -0.2) is 49.3 Å². The van der Waals surface area contributed by atoms with Crippen LogP contribution in [0.4, 0.5) is 17.1 Å². The van der Waals surface area contributed by atoms with Crippen molar-refractivity contribution in [3.8, 4) is 11.8 Å². The van der Waals surface area contributed by atoms with E-state index in [0.29, 0.717) is 41.0 Å². The number of amidine groups is 1. The zero-order valence-corrected chi connectivity index (χ0v) is 26.6. The van der Waals surface area contributed by atoms with E-state index in [1.54, 1.807) is 28.8 Å². The summed E-state index contributed by atoms with van der Waals surface area (Å²) in [5.74, 6) is 1.49. The fraction of sp³-hybridized carbons (Fsp3) is 0.324. The van der Waals surface area contributed by atoms with E-state index in [4.69, 9.17) is 9.73 Å². The second-order valence-corrected chi connectivity index (χ2v) is 13.0. The number of carbonyl (C=O) groups is 1. The van der Waals surface area contributed by atoms with E-state index in [2.05, 4.69) is 33.7 Å². The van der Waals surface area contributed by atoms with Crippen LogP contribution < -0.4 is 20.3 Å². The maximum atomic E-state index is 14.1. The van der Waals surface area contributed by atoms with Crippen LogP contribution in [0.2, 0.25) is 0 Å². The first kappa shape index (κ1) is 30.1. The van der Waals surface area contributed by atoms with Crippen LogP contribution in [0, 0.1) is 17.2 Å². The lowest BCUT2D eigenvalue weighted by Crippen LogP contribution is -2.29. The van der Waals surface area contributed by atoms with Gasteiger partial charge in [-0.15, -0.1) is 0 Å². The summed E-state index contributed by atoms with van der Waals surface area (Å²) >= 11 is 2.98. The molecule has 2 fully saturated rings. The zero-order chi connectivity index (χ0) is 30.5. The molecule has 226 valence electrons. The van der Waals surface area contributed by atoms with Crippen molar-refractivity contribution in [1.82, 2.24) is 10.2 Å². The second kappa shape index (κ2) is 13.8. The first-order valence-electron chi connectivity index (χ1n) is 15.1. The molecular formula is C34H36N6O2S2. The molecule has 0 saturated carbocycles. The minimum atomic E-state index is -0.0837. The van der Waals surface area contributed by atoms with Crippen molar-refractivity contribution < 1.29 is 9.53 Å². The molecule has 0 bridgehead atoms. The van der Waals surface area contributed by atoms with Gasteiger partial charge in [-0.05, 0) is 92.9 Å². The minimum absolute atomic E-state index is 0.0837. The second-order valence-electron chi connectivity index (χ2n) is 11.0. The highest BCUT2D eigenvalue weighted by Gasteiger charge is 2.39. The van der Waals surface area contributed by atoms with Crippen molar-refractivity contribution in [2.24, 2.45) is 10.9 Å². The summed E-state index contributed by atoms with van der Waals surface area (Å²) in [5, 5.41) is 17.8. The van der Waals surface area contributed by atoms with Crippen LogP contribution in [0.3, 0.4) is 0 Å². The summed E-state index contributed by atoms with van der Waals surface area (Å²) in [7, 11) is 2.00. The normalized spacial score (nSPS) is 19.4. The first-order chi connectivity index (χ1) is 21.5. The topological polar surface area (TPSA) is 93.0 Å². The Morgan fingerprint density at radius 1 is 1.09 bits per heavy atom. The Morgan fingerprint density at radius 2 is 1.91 bits per heavy atom. The van der Waals surface area contributed by atoms with E-state index >= 15 is 0 Å². The lowest BCUT2D eigenvalue weighted by Gasteiger charge is -2.22. The number of hydrogen-bond acceptors (Lipinski definition) is 9. The quantitative estimate of drug-likeness (QED) is 0.248. The molecule has 3 aliphatic rings. The molecule has 2 N–H and O–H groups in total. The highest BCUT2D eigenvalue weighted by atomic mass is 32.2. The minimum Gasteiger partial charge on any atom is -0.494 e. The van der Waals surface area contributed by atoms with Gasteiger partial charge >= 0.3 is 0 Å². The maximum Gasteiger partial charge on any atom is 0.269 e. The van der Waals surface area contributed by atoms with Gasteiger partial charge in [-0.25, -0.2) is 4.99 Å². The molecule has 3 heterocycles. The molecular weight excluding hydrogens is 589 g/mol. The van der Waals surface area contributed by atoms with Gasteiger partial charge in [0.1, 0.15) is 10.7 Å². The van der Waals surface area contributed by atoms with Crippen LogP contribution >= 0.6 is 23.5 Å². The molecule has 3 aromatic carbocycles. The van der Waals surface area contributed by atoms with E-state index in [1.807, 2.05) is 56.4 Å². The van der Waals surface area contributed by atoms with Crippen molar-refractivity contribution in [2.75, 3.05) is 43.5 Å². The summed E-state index contributed by atoms with van der Waals surface area (Å²) in [6.45, 7) is 6.02. The summed E-state index contributed by atoms with van der Waals surface area (Å²) in [4.78, 5) is 24.6. The Hall–Kier alpha value is -3.91. The van der Waals surface area contributed by atoms with Crippen molar-refractivity contribution in [1.29, 1.82) is 5.26 Å². The van der Waals surface area contributed by atoms with Gasteiger partial charge in [0.05, 0.1) is 46.9 Å². The molecule has 0 spiro atoms. The Bertz CT molecular complexity index is 1630. The number of hydrogen-bond donors (Lipinski definition) is 2. The fourth-order valence-electron chi connectivity index (χ4n) is 5.59. The van der Waals surface area contributed by atoms with Gasteiger partial charge in [0, 0.05) is 24.6 Å². The third-order valence-electron chi connectivity index (χ3n) is 8.01. The Morgan fingerprint density at radius 3 is 2.68 bits per heavy atom. The smallest absolute Gasteiger partial charge is 0.269 e. The average molecular weight is 625 g/mol. The highest BCUT2D eigenvalue weighted by molar-refractivity contribution is 8.19. The molecule has 1 amide bonds. The zero-order valence-electron chi connectivity index (χ0n) is 25.0. The van der Waals surface area contributed by atoms with E-state index in [0.717, 1.165) is 58.0 Å². The predicted octanol–water partition coefficient (Wildman–Crippen LogP) is 6.93. The lowest BCUT2D eigenvalue weighted by atomic mass is 9.95. The number of amides is 1. The molecule has 3 aliphatic heterocycles. The van der Waals surface area contributed by atoms with Crippen LogP contribution in [0.5, 0.6) is 5.75 Å². The molecule has 3 aromatic rings. The van der Waals surface area contributed by atoms with Crippen molar-refractivity contribution >= 4 is 51.7 Å². The first-order valence-corrected chi connectivity index (χ1v) is 16.7. The number of nitrogens with zero attached hydrogens (tertiary/aromatic N) is 4. The van der Waals surface area contributed by atoms with Gasteiger partial charge in [-0.3, -0.25) is 9.69 Å². The highest BCUT2D eigenvalue weighted by Crippen LogP contribution is 2.51. The van der Waals surface area contributed by atoms with Gasteiger partial charge in [-0.2, -0.15) is 5.26 Å². The number of benzene rings is 3. The van der Waals surface area contributed by atoms with Gasteiger partial charge in [0.2, 0.25) is 0 Å². The number of ether oxygens (including phenoxy) is 1. The van der Waals surface area contributed by atoms with Crippen LogP contribution in [0.1, 0.15) is 37.3 Å². The number of nitrogens with one attached hydrogen (secondary N) is 2. The van der Waals surface area contributed by atoms with E-state index in [-0.39, 0.29) is 5.91 Å². The largest absolute Gasteiger partial charge is 0.494 e.